The number of ether oxygens (including phenoxy) is 1. The zero-order chi connectivity index (χ0) is 18.3. The first kappa shape index (κ1) is 16.7. The summed E-state index contributed by atoms with van der Waals surface area (Å²) in [4.78, 5) is 32.1. The summed E-state index contributed by atoms with van der Waals surface area (Å²) in [7, 11) is 0. The fourth-order valence-electron chi connectivity index (χ4n) is 3.49. The summed E-state index contributed by atoms with van der Waals surface area (Å²) < 4.78 is 24.2. The smallest absolute Gasteiger partial charge is 0.291 e. The first-order valence-corrected chi connectivity index (χ1v) is 8.37. The Hall–Kier alpha value is -2.74. The lowest BCUT2D eigenvalue weighted by atomic mass is 10.00. The summed E-state index contributed by atoms with van der Waals surface area (Å²) in [6.07, 6.45) is 1.86. The SMILES string of the molecule is Cc1ncoc1C(=O)N1CCC2(C1)CN(c1ccc(F)cc1)C(=O)CO2. The molecule has 2 fully saturated rings. The van der Waals surface area contributed by atoms with Crippen LogP contribution in [0.3, 0.4) is 0 Å². The van der Waals surface area contributed by atoms with Crippen LogP contribution in [0.25, 0.3) is 0 Å². The maximum absolute atomic E-state index is 13.2. The maximum atomic E-state index is 13.2. The predicted molar refractivity (Wildman–Crippen MR) is 89.2 cm³/mol. The van der Waals surface area contributed by atoms with Crippen molar-refractivity contribution in [2.45, 2.75) is 18.9 Å². The number of hydrogen-bond donors (Lipinski definition) is 0. The summed E-state index contributed by atoms with van der Waals surface area (Å²) in [5, 5.41) is 0. The Balaban J connectivity index is 1.52. The highest BCUT2D eigenvalue weighted by molar-refractivity contribution is 5.95. The lowest BCUT2D eigenvalue weighted by Gasteiger charge is -2.40. The van der Waals surface area contributed by atoms with Gasteiger partial charge < -0.3 is 19.0 Å². The highest BCUT2D eigenvalue weighted by atomic mass is 19.1. The molecule has 2 amide bonds. The van der Waals surface area contributed by atoms with Crippen molar-refractivity contribution in [3.63, 3.8) is 0 Å². The van der Waals surface area contributed by atoms with E-state index in [0.717, 1.165) is 0 Å². The molecule has 0 aliphatic carbocycles. The van der Waals surface area contributed by atoms with Crippen LogP contribution in [0.1, 0.15) is 22.7 Å². The molecule has 2 aliphatic rings. The van der Waals surface area contributed by atoms with Gasteiger partial charge >= 0.3 is 0 Å². The molecule has 0 saturated carbocycles. The summed E-state index contributed by atoms with van der Waals surface area (Å²) in [6, 6.07) is 5.79. The van der Waals surface area contributed by atoms with E-state index < -0.39 is 5.60 Å². The minimum Gasteiger partial charge on any atom is -0.438 e. The van der Waals surface area contributed by atoms with Gasteiger partial charge in [0.1, 0.15) is 18.0 Å². The van der Waals surface area contributed by atoms with Gasteiger partial charge in [0.05, 0.1) is 18.8 Å². The van der Waals surface area contributed by atoms with E-state index in [9.17, 15) is 14.0 Å². The van der Waals surface area contributed by atoms with Gasteiger partial charge in [0.25, 0.3) is 11.8 Å². The Labute approximate surface area is 149 Å². The van der Waals surface area contributed by atoms with Crippen molar-refractivity contribution >= 4 is 17.5 Å². The summed E-state index contributed by atoms with van der Waals surface area (Å²) in [5.74, 6) is -0.544. The van der Waals surface area contributed by atoms with Crippen LogP contribution in [0.5, 0.6) is 0 Å². The Morgan fingerprint density at radius 2 is 2.04 bits per heavy atom. The molecule has 0 bridgehead atoms. The Bertz CT molecular complexity index is 850. The van der Waals surface area contributed by atoms with Gasteiger partial charge in [-0.25, -0.2) is 9.37 Å². The van der Waals surface area contributed by atoms with E-state index in [4.69, 9.17) is 9.15 Å². The highest BCUT2D eigenvalue weighted by Gasteiger charge is 2.47. The topological polar surface area (TPSA) is 75.9 Å². The van der Waals surface area contributed by atoms with Crippen LogP contribution in [0.15, 0.2) is 35.1 Å². The average Bonchev–Trinajstić information content (AvgIpc) is 3.24. The zero-order valence-corrected chi connectivity index (χ0v) is 14.3. The predicted octanol–water partition coefficient (Wildman–Crippen LogP) is 1.77. The molecule has 1 aromatic heterocycles. The molecule has 1 spiro atoms. The van der Waals surface area contributed by atoms with Crippen LogP contribution < -0.4 is 4.90 Å². The van der Waals surface area contributed by atoms with Gasteiger partial charge in [0.2, 0.25) is 5.76 Å². The van der Waals surface area contributed by atoms with E-state index in [-0.39, 0.29) is 30.0 Å². The largest absolute Gasteiger partial charge is 0.438 e. The number of carbonyl (C=O) groups is 2. The van der Waals surface area contributed by atoms with Crippen LogP contribution in [-0.2, 0) is 9.53 Å². The van der Waals surface area contributed by atoms with E-state index >= 15 is 0 Å². The van der Waals surface area contributed by atoms with E-state index in [1.165, 1.54) is 18.5 Å². The van der Waals surface area contributed by atoms with Crippen molar-refractivity contribution in [2.24, 2.45) is 0 Å². The number of hydrogen-bond acceptors (Lipinski definition) is 5. The van der Waals surface area contributed by atoms with Crippen molar-refractivity contribution in [1.29, 1.82) is 0 Å². The maximum Gasteiger partial charge on any atom is 0.291 e. The standard InChI is InChI=1S/C18H18FN3O4/c1-12-16(25-11-20-12)17(24)21-7-6-18(9-21)10-22(15(23)8-26-18)14-4-2-13(19)3-5-14/h2-5,11H,6-10H2,1H3. The first-order chi connectivity index (χ1) is 12.5. The molecule has 2 aromatic rings. The molecule has 0 N–H and O–H groups in total. The lowest BCUT2D eigenvalue weighted by molar-refractivity contribution is -0.137. The molecule has 0 radical (unpaired) electrons. The molecule has 26 heavy (non-hydrogen) atoms. The number of carbonyl (C=O) groups excluding carboxylic acids is 2. The molecule has 4 rings (SSSR count). The number of oxazole rings is 1. The van der Waals surface area contributed by atoms with Gasteiger partial charge in [-0.3, -0.25) is 9.59 Å². The second-order valence-corrected chi connectivity index (χ2v) is 6.67. The van der Waals surface area contributed by atoms with E-state index in [0.29, 0.717) is 37.4 Å². The van der Waals surface area contributed by atoms with Gasteiger partial charge in [-0.05, 0) is 37.6 Å². The molecule has 7 nitrogen and oxygen atoms in total. The number of halogens is 1. The van der Waals surface area contributed by atoms with Crippen LogP contribution in [0.2, 0.25) is 0 Å². The van der Waals surface area contributed by atoms with Crippen molar-refractivity contribution in [2.75, 3.05) is 31.1 Å². The number of aryl methyl sites for hydroxylation is 1. The second-order valence-electron chi connectivity index (χ2n) is 6.67. The number of anilines is 1. The molecular formula is C18H18FN3O4. The normalized spacial score (nSPS) is 23.1. The van der Waals surface area contributed by atoms with Gasteiger partial charge in [0, 0.05) is 12.2 Å². The number of morpholine rings is 1. The molecule has 8 heteroatoms. The van der Waals surface area contributed by atoms with Gasteiger partial charge in [-0.1, -0.05) is 0 Å². The molecular weight excluding hydrogens is 341 g/mol. The zero-order valence-electron chi connectivity index (χ0n) is 14.3. The minimum absolute atomic E-state index is 0.0687. The first-order valence-electron chi connectivity index (χ1n) is 8.37. The molecule has 1 atom stereocenters. The Morgan fingerprint density at radius 3 is 2.73 bits per heavy atom. The fourth-order valence-corrected chi connectivity index (χ4v) is 3.49. The highest BCUT2D eigenvalue weighted by Crippen LogP contribution is 2.33. The number of aromatic nitrogens is 1. The van der Waals surface area contributed by atoms with E-state index in [2.05, 4.69) is 4.98 Å². The number of nitrogens with zero attached hydrogens (tertiary/aromatic N) is 3. The molecule has 1 aromatic carbocycles. The van der Waals surface area contributed by atoms with Crippen molar-refractivity contribution in [3.8, 4) is 0 Å². The number of benzene rings is 1. The number of rotatable bonds is 2. The third-order valence-corrected chi connectivity index (χ3v) is 4.93. The third kappa shape index (κ3) is 2.86. The van der Waals surface area contributed by atoms with Gasteiger partial charge in [0.15, 0.2) is 6.39 Å². The summed E-state index contributed by atoms with van der Waals surface area (Å²) in [5.41, 5.74) is 0.532. The van der Waals surface area contributed by atoms with Gasteiger partial charge in [-0.15, -0.1) is 0 Å². The molecule has 2 saturated heterocycles. The molecule has 2 aliphatic heterocycles. The average molecular weight is 359 g/mol. The van der Waals surface area contributed by atoms with Crippen LogP contribution >= 0.6 is 0 Å². The monoisotopic (exact) mass is 359 g/mol. The lowest BCUT2D eigenvalue weighted by Crippen LogP contribution is -2.56. The molecule has 136 valence electrons. The van der Waals surface area contributed by atoms with Crippen LogP contribution in [0.4, 0.5) is 10.1 Å². The van der Waals surface area contributed by atoms with E-state index in [1.807, 2.05) is 0 Å². The van der Waals surface area contributed by atoms with Crippen molar-refractivity contribution in [3.05, 3.63) is 47.9 Å². The van der Waals surface area contributed by atoms with Crippen LogP contribution in [0, 0.1) is 12.7 Å². The summed E-state index contributed by atoms with van der Waals surface area (Å²) in [6.45, 7) is 2.83. The Morgan fingerprint density at radius 1 is 1.27 bits per heavy atom. The third-order valence-electron chi connectivity index (χ3n) is 4.93. The second kappa shape index (κ2) is 6.21. The van der Waals surface area contributed by atoms with Crippen LogP contribution in [-0.4, -0.2) is 53.5 Å². The van der Waals surface area contributed by atoms with E-state index in [1.54, 1.807) is 28.9 Å². The Kier molecular flexibility index (Phi) is 3.99. The summed E-state index contributed by atoms with van der Waals surface area (Å²) >= 11 is 0. The van der Waals surface area contributed by atoms with Crippen molar-refractivity contribution < 1.29 is 23.1 Å². The number of likely N-dealkylation sites (tertiary alicyclic amines) is 1. The van der Waals surface area contributed by atoms with Gasteiger partial charge in [-0.2, -0.15) is 0 Å². The fraction of sp³-hybridized carbons (Fsp3) is 0.389. The molecule has 3 heterocycles. The quantitative estimate of drug-likeness (QED) is 0.817. The number of amides is 2. The van der Waals surface area contributed by atoms with Crippen molar-refractivity contribution in [1.82, 2.24) is 9.88 Å². The molecule has 1 unspecified atom stereocenters. The minimum atomic E-state index is -0.633.